The maximum absolute atomic E-state index is 11.9. The summed E-state index contributed by atoms with van der Waals surface area (Å²) in [5.41, 5.74) is 0. The lowest BCUT2D eigenvalue weighted by atomic mass is 10.2. The van der Waals surface area contributed by atoms with Gasteiger partial charge in [-0.3, -0.25) is 14.7 Å². The highest BCUT2D eigenvalue weighted by Gasteiger charge is 2.33. The zero-order chi connectivity index (χ0) is 12.9. The van der Waals surface area contributed by atoms with E-state index < -0.39 is 25.6 Å². The first-order chi connectivity index (χ1) is 8.00. The van der Waals surface area contributed by atoms with Crippen LogP contribution in [-0.4, -0.2) is 37.9 Å². The maximum atomic E-state index is 11.9. The molecule has 9 heteroatoms. The second-order valence-electron chi connectivity index (χ2n) is 3.30. The molecule has 3 amide bonds. The summed E-state index contributed by atoms with van der Waals surface area (Å²) >= 11 is 0. The number of imide groups is 1. The molecule has 0 aromatic heterocycles. The SMILES string of the molecule is CCOOP(=O)(CCC1NC(=O)NC1=O)OC. The minimum atomic E-state index is -3.37. The van der Waals surface area contributed by atoms with Crippen LogP contribution in [0.5, 0.6) is 0 Å². The normalized spacial score (nSPS) is 23.1. The smallest absolute Gasteiger partial charge is 0.326 e. The van der Waals surface area contributed by atoms with Gasteiger partial charge in [-0.05, 0) is 13.3 Å². The van der Waals surface area contributed by atoms with Crippen molar-refractivity contribution in [2.24, 2.45) is 0 Å². The maximum Gasteiger partial charge on any atom is 0.357 e. The van der Waals surface area contributed by atoms with Crippen LogP contribution in [0.15, 0.2) is 0 Å². The number of nitrogens with one attached hydrogen (secondary N) is 2. The van der Waals surface area contributed by atoms with Crippen LogP contribution in [0.1, 0.15) is 13.3 Å². The fraction of sp³-hybridized carbons (Fsp3) is 0.750. The van der Waals surface area contributed by atoms with Crippen LogP contribution >= 0.6 is 7.60 Å². The zero-order valence-electron chi connectivity index (χ0n) is 9.60. The van der Waals surface area contributed by atoms with Gasteiger partial charge in [-0.25, -0.2) is 9.68 Å². The van der Waals surface area contributed by atoms with Gasteiger partial charge in [0.1, 0.15) is 6.04 Å². The first-order valence-corrected chi connectivity index (χ1v) is 6.81. The van der Waals surface area contributed by atoms with Crippen LogP contribution < -0.4 is 10.6 Å². The van der Waals surface area contributed by atoms with Crippen molar-refractivity contribution in [1.82, 2.24) is 10.6 Å². The molecule has 2 atom stereocenters. The van der Waals surface area contributed by atoms with Gasteiger partial charge >= 0.3 is 13.6 Å². The van der Waals surface area contributed by atoms with Gasteiger partial charge in [0, 0.05) is 7.11 Å². The predicted molar refractivity (Wildman–Crippen MR) is 57.3 cm³/mol. The lowest BCUT2D eigenvalue weighted by molar-refractivity contribution is -0.209. The van der Waals surface area contributed by atoms with Crippen LogP contribution in [0.2, 0.25) is 0 Å². The molecule has 1 fully saturated rings. The molecular weight excluding hydrogens is 251 g/mol. The Morgan fingerprint density at radius 1 is 1.41 bits per heavy atom. The van der Waals surface area contributed by atoms with Gasteiger partial charge in [-0.1, -0.05) is 0 Å². The summed E-state index contributed by atoms with van der Waals surface area (Å²) in [5.74, 6) is -0.450. The quantitative estimate of drug-likeness (QED) is 0.299. The largest absolute Gasteiger partial charge is 0.357 e. The van der Waals surface area contributed by atoms with Crippen LogP contribution in [0.4, 0.5) is 4.79 Å². The van der Waals surface area contributed by atoms with Gasteiger partial charge in [0.2, 0.25) is 0 Å². The van der Waals surface area contributed by atoms with E-state index in [-0.39, 0.29) is 19.2 Å². The Labute approximate surface area is 98.4 Å². The summed E-state index contributed by atoms with van der Waals surface area (Å²) in [5, 5.41) is 4.46. The third kappa shape index (κ3) is 4.08. The van der Waals surface area contributed by atoms with Gasteiger partial charge in [0.15, 0.2) is 0 Å². The molecular formula is C8H15N2O6P. The van der Waals surface area contributed by atoms with Crippen LogP contribution in [0.25, 0.3) is 0 Å². The molecule has 1 saturated heterocycles. The van der Waals surface area contributed by atoms with Crippen molar-refractivity contribution in [2.75, 3.05) is 19.9 Å². The zero-order valence-corrected chi connectivity index (χ0v) is 10.5. The summed E-state index contributed by atoms with van der Waals surface area (Å²) in [7, 11) is -2.14. The summed E-state index contributed by atoms with van der Waals surface area (Å²) in [4.78, 5) is 26.6. The minimum absolute atomic E-state index is 0.0259. The van der Waals surface area contributed by atoms with Crippen molar-refractivity contribution in [3.05, 3.63) is 0 Å². The summed E-state index contributed by atoms with van der Waals surface area (Å²) in [6.45, 7) is 1.90. The Hall–Kier alpha value is -0.950. The summed E-state index contributed by atoms with van der Waals surface area (Å²) < 4.78 is 21.2. The third-order valence-electron chi connectivity index (χ3n) is 2.11. The Bertz CT molecular complexity index is 347. The van der Waals surface area contributed by atoms with Crippen molar-refractivity contribution in [3.63, 3.8) is 0 Å². The summed E-state index contributed by atoms with van der Waals surface area (Å²) in [6.07, 6.45) is 0.123. The van der Waals surface area contributed by atoms with Gasteiger partial charge in [-0.15, -0.1) is 4.67 Å². The van der Waals surface area contributed by atoms with E-state index in [1.807, 2.05) is 0 Å². The van der Waals surface area contributed by atoms with Gasteiger partial charge < -0.3 is 9.84 Å². The molecule has 0 aliphatic carbocycles. The van der Waals surface area contributed by atoms with Gasteiger partial charge in [-0.2, -0.15) is 0 Å². The molecule has 1 heterocycles. The Morgan fingerprint density at radius 3 is 2.59 bits per heavy atom. The van der Waals surface area contributed by atoms with Crippen molar-refractivity contribution >= 4 is 19.5 Å². The number of hydrogen-bond acceptors (Lipinski definition) is 6. The van der Waals surface area contributed by atoms with Crippen LogP contribution in [0, 0.1) is 0 Å². The van der Waals surface area contributed by atoms with E-state index in [1.54, 1.807) is 6.92 Å². The van der Waals surface area contributed by atoms with Crippen LogP contribution in [-0.2, 0) is 23.4 Å². The fourth-order valence-electron chi connectivity index (χ4n) is 1.24. The molecule has 0 bridgehead atoms. The van der Waals surface area contributed by atoms with Crippen molar-refractivity contribution in [1.29, 1.82) is 0 Å². The third-order valence-corrected chi connectivity index (χ3v) is 3.81. The van der Waals surface area contributed by atoms with Crippen LogP contribution in [0.3, 0.4) is 0 Å². The molecule has 0 aromatic rings. The van der Waals surface area contributed by atoms with Gasteiger partial charge in [0.25, 0.3) is 5.91 Å². The summed E-state index contributed by atoms with van der Waals surface area (Å²) in [6, 6.07) is -1.27. The molecule has 2 N–H and O–H groups in total. The molecule has 0 aromatic carbocycles. The topological polar surface area (TPSA) is 103 Å². The van der Waals surface area contributed by atoms with Crippen molar-refractivity contribution in [3.8, 4) is 0 Å². The Morgan fingerprint density at radius 2 is 2.12 bits per heavy atom. The average molecular weight is 266 g/mol. The predicted octanol–water partition coefficient (Wildman–Crippen LogP) is 0.392. The van der Waals surface area contributed by atoms with E-state index in [0.29, 0.717) is 0 Å². The van der Waals surface area contributed by atoms with E-state index in [9.17, 15) is 14.2 Å². The first kappa shape index (κ1) is 14.1. The number of hydrogen-bond donors (Lipinski definition) is 2. The number of amides is 3. The number of rotatable bonds is 7. The highest BCUT2D eigenvalue weighted by Crippen LogP contribution is 2.48. The lowest BCUT2D eigenvalue weighted by Gasteiger charge is -2.15. The molecule has 2 unspecified atom stereocenters. The molecule has 1 aliphatic heterocycles. The van der Waals surface area contributed by atoms with E-state index in [1.165, 1.54) is 7.11 Å². The number of carbonyl (C=O) groups is 2. The lowest BCUT2D eigenvalue weighted by Crippen LogP contribution is -2.29. The minimum Gasteiger partial charge on any atom is -0.326 e. The molecule has 1 aliphatic rings. The number of carbonyl (C=O) groups excluding carboxylic acids is 2. The molecule has 1 rings (SSSR count). The molecule has 98 valence electrons. The molecule has 0 radical (unpaired) electrons. The highest BCUT2D eigenvalue weighted by molar-refractivity contribution is 7.53. The van der Waals surface area contributed by atoms with Gasteiger partial charge in [0.05, 0.1) is 12.8 Å². The average Bonchev–Trinajstić information content (AvgIpc) is 2.63. The van der Waals surface area contributed by atoms with E-state index in [4.69, 9.17) is 4.52 Å². The second kappa shape index (κ2) is 6.11. The Kier molecular flexibility index (Phi) is 5.07. The highest BCUT2D eigenvalue weighted by atomic mass is 31.2. The monoisotopic (exact) mass is 266 g/mol. The molecule has 0 saturated carbocycles. The second-order valence-corrected chi connectivity index (χ2v) is 5.49. The van der Waals surface area contributed by atoms with E-state index >= 15 is 0 Å². The molecule has 17 heavy (non-hydrogen) atoms. The van der Waals surface area contributed by atoms with Crippen molar-refractivity contribution < 1.29 is 28.2 Å². The Balaban J connectivity index is 2.45. The number of urea groups is 1. The van der Waals surface area contributed by atoms with E-state index in [2.05, 4.69) is 20.2 Å². The standard InChI is InChI=1S/C8H15N2O6P/c1-3-15-16-17(13,14-2)5-4-6-7(11)10-8(12)9-6/h6H,3-5H2,1-2H3,(H2,9,10,11,12). The van der Waals surface area contributed by atoms with Crippen molar-refractivity contribution in [2.45, 2.75) is 19.4 Å². The fourth-order valence-corrected chi connectivity index (χ4v) is 2.40. The molecule has 0 spiro atoms. The van der Waals surface area contributed by atoms with E-state index in [0.717, 1.165) is 0 Å². The first-order valence-electron chi connectivity index (χ1n) is 5.08. The molecule has 8 nitrogen and oxygen atoms in total.